The zero-order chi connectivity index (χ0) is 3.54. The van der Waals surface area contributed by atoms with Crippen molar-refractivity contribution in [3.63, 3.8) is 0 Å². The minimum atomic E-state index is 0. The maximum absolute atomic E-state index is 4.94. The van der Waals surface area contributed by atoms with Crippen LogP contribution in [-0.2, 0) is 4.74 Å². The van der Waals surface area contributed by atoms with Gasteiger partial charge in [-0.15, -0.1) is 0 Å². The van der Waals surface area contributed by atoms with E-state index in [2.05, 4.69) is 0 Å². The summed E-state index contributed by atoms with van der Waals surface area (Å²) in [5, 5.41) is 0. The Morgan fingerprint density at radius 3 is 1.57 bits per heavy atom. The molecule has 0 atom stereocenters. The van der Waals surface area contributed by atoms with Gasteiger partial charge < -0.3 is 4.74 Å². The van der Waals surface area contributed by atoms with E-state index in [0.717, 1.165) is 13.2 Å². The Bertz CT molecular complexity index is 23.3. The quantitative estimate of drug-likeness (QED) is 0.292. The fourth-order valence-corrected chi connectivity index (χ4v) is 0.510. The van der Waals surface area contributed by atoms with Gasteiger partial charge in [0, 0.05) is 13.2 Å². The molecular weight excluding hydrogens is 97.8 g/mol. The van der Waals surface area contributed by atoms with Crippen LogP contribution in [0, 0.1) is 0 Å². The molecule has 0 aromatic heterocycles. The summed E-state index contributed by atoms with van der Waals surface area (Å²) in [5.74, 6) is 0. The largest absolute Gasteiger partial charge is 1.00 e. The van der Waals surface area contributed by atoms with E-state index in [1.54, 1.807) is 0 Å². The molecule has 0 spiro atoms. The number of rotatable bonds is 0. The third-order valence-corrected chi connectivity index (χ3v) is 0.827. The van der Waals surface area contributed by atoms with E-state index < -0.39 is 0 Å². The molecule has 1 aliphatic rings. The van der Waals surface area contributed by atoms with Crippen molar-refractivity contribution in [3.05, 3.63) is 0 Å². The summed E-state index contributed by atoms with van der Waals surface area (Å²) in [6, 6.07) is 0. The van der Waals surface area contributed by atoms with Gasteiger partial charge in [0.25, 0.3) is 0 Å². The number of hydrogen-bond acceptors (Lipinski definition) is 1. The maximum Gasteiger partial charge on any atom is 1.00 e. The van der Waals surface area contributed by atoms with Crippen molar-refractivity contribution in [1.82, 2.24) is 0 Å². The van der Waals surface area contributed by atoms with Crippen LogP contribution < -0.4 is 29.6 Å². The Labute approximate surface area is 68.7 Å². The number of hydrogen-bond donors (Lipinski definition) is 0. The van der Waals surface area contributed by atoms with E-state index in [9.17, 15) is 0 Å². The second-order valence-corrected chi connectivity index (χ2v) is 1.32. The summed E-state index contributed by atoms with van der Waals surface area (Å²) in [4.78, 5) is 0. The number of ether oxygens (including phenoxy) is 1. The van der Waals surface area contributed by atoms with Crippen molar-refractivity contribution in [1.29, 1.82) is 0 Å². The standard InChI is InChI=1S/C4H8O.BH4.Na/c1-2-4-5-3-1;;/h1-4H2;1H4;/q;-1;+1. The van der Waals surface area contributed by atoms with Gasteiger partial charge >= 0.3 is 29.6 Å². The van der Waals surface area contributed by atoms with E-state index in [1.165, 1.54) is 12.8 Å². The first-order valence-electron chi connectivity index (χ1n) is 2.08. The predicted molar refractivity (Wildman–Crippen MR) is 31.4 cm³/mol. The molecule has 0 aromatic rings. The zero-order valence-electron chi connectivity index (χ0n) is 4.24. The van der Waals surface area contributed by atoms with E-state index in [0.29, 0.717) is 0 Å². The smallest absolute Gasteiger partial charge is 0.381 e. The van der Waals surface area contributed by atoms with Crippen LogP contribution in [0.4, 0.5) is 0 Å². The van der Waals surface area contributed by atoms with Gasteiger partial charge in [-0.2, -0.15) is 0 Å². The van der Waals surface area contributed by atoms with Crippen LogP contribution in [0.25, 0.3) is 0 Å². The first-order valence-corrected chi connectivity index (χ1v) is 2.08. The van der Waals surface area contributed by atoms with Crippen molar-refractivity contribution < 1.29 is 34.3 Å². The molecule has 1 saturated heterocycles. The molecule has 0 aliphatic carbocycles. The Morgan fingerprint density at radius 2 is 1.43 bits per heavy atom. The fourth-order valence-electron chi connectivity index (χ4n) is 0.510. The van der Waals surface area contributed by atoms with Crippen molar-refractivity contribution in [2.45, 2.75) is 12.8 Å². The molecule has 0 aromatic carbocycles. The first kappa shape index (κ1) is 10.9. The van der Waals surface area contributed by atoms with E-state index in [-0.39, 0.29) is 38.0 Å². The van der Waals surface area contributed by atoms with E-state index in [4.69, 9.17) is 4.74 Å². The molecule has 1 aliphatic heterocycles. The van der Waals surface area contributed by atoms with Crippen molar-refractivity contribution in [2.75, 3.05) is 13.2 Å². The van der Waals surface area contributed by atoms with Gasteiger partial charge in [0.05, 0.1) is 0 Å². The van der Waals surface area contributed by atoms with Gasteiger partial charge in [0.15, 0.2) is 0 Å². The van der Waals surface area contributed by atoms with Crippen LogP contribution in [0.3, 0.4) is 0 Å². The summed E-state index contributed by atoms with van der Waals surface area (Å²) in [6.45, 7) is 2.00. The third kappa shape index (κ3) is 4.89. The monoisotopic (exact) mass is 110 g/mol. The molecule has 1 heterocycles. The Kier molecular flexibility index (Phi) is 10.9. The second-order valence-electron chi connectivity index (χ2n) is 1.32. The Balaban J connectivity index is 0. The summed E-state index contributed by atoms with van der Waals surface area (Å²) in [7, 11) is 0. The molecule has 0 bridgehead atoms. The average molecular weight is 110 g/mol. The van der Waals surface area contributed by atoms with Gasteiger partial charge in [0.2, 0.25) is 0 Å². The minimum absolute atomic E-state index is 0. The zero-order valence-corrected chi connectivity index (χ0v) is 6.24. The van der Waals surface area contributed by atoms with Crippen LogP contribution in [0.1, 0.15) is 12.8 Å². The summed E-state index contributed by atoms with van der Waals surface area (Å²) in [6.07, 6.45) is 2.56. The normalized spacial score (nSPS) is 17.1. The van der Waals surface area contributed by atoms with Crippen LogP contribution in [0.5, 0.6) is 0 Å². The van der Waals surface area contributed by atoms with Crippen LogP contribution in [0.15, 0.2) is 0 Å². The van der Waals surface area contributed by atoms with Crippen LogP contribution in [-0.4, -0.2) is 21.6 Å². The SMILES string of the molecule is C1CCOC1.[BH4-].[Na+]. The van der Waals surface area contributed by atoms with E-state index in [1.807, 2.05) is 0 Å². The Morgan fingerprint density at radius 1 is 1.00 bits per heavy atom. The van der Waals surface area contributed by atoms with Crippen molar-refractivity contribution in [3.8, 4) is 0 Å². The van der Waals surface area contributed by atoms with Crippen LogP contribution >= 0.6 is 0 Å². The molecule has 0 amide bonds. The topological polar surface area (TPSA) is 9.23 Å². The molecule has 0 N–H and O–H groups in total. The molecule has 38 valence electrons. The summed E-state index contributed by atoms with van der Waals surface area (Å²) >= 11 is 0. The predicted octanol–water partition coefficient (Wildman–Crippen LogP) is -3.65. The molecule has 1 nitrogen and oxygen atoms in total. The molecule has 0 saturated carbocycles. The van der Waals surface area contributed by atoms with Crippen molar-refractivity contribution in [2.24, 2.45) is 0 Å². The van der Waals surface area contributed by atoms with Gasteiger partial charge in [-0.1, -0.05) is 8.41 Å². The first-order chi connectivity index (χ1) is 2.50. The maximum atomic E-state index is 4.94. The van der Waals surface area contributed by atoms with Gasteiger partial charge in [-0.25, -0.2) is 0 Å². The summed E-state index contributed by atoms with van der Waals surface area (Å²) in [5.41, 5.74) is 0. The minimum Gasteiger partial charge on any atom is -0.381 e. The van der Waals surface area contributed by atoms with Gasteiger partial charge in [-0.3, -0.25) is 0 Å². The summed E-state index contributed by atoms with van der Waals surface area (Å²) < 4.78 is 4.94. The van der Waals surface area contributed by atoms with Crippen molar-refractivity contribution >= 4 is 8.41 Å². The molecule has 0 radical (unpaired) electrons. The van der Waals surface area contributed by atoms with Gasteiger partial charge in [0.1, 0.15) is 0 Å². The second kappa shape index (κ2) is 7.02. The third-order valence-electron chi connectivity index (χ3n) is 0.827. The molecule has 1 fully saturated rings. The molecular formula is C4H12BNaO. The Hall–Kier alpha value is 1.02. The molecule has 3 heteroatoms. The molecule has 0 unspecified atom stereocenters. The average Bonchev–Trinajstić information content (AvgIpc) is 1.76. The van der Waals surface area contributed by atoms with E-state index >= 15 is 0 Å². The molecule has 7 heavy (non-hydrogen) atoms. The van der Waals surface area contributed by atoms with Crippen LogP contribution in [0.2, 0.25) is 0 Å². The molecule has 1 rings (SSSR count). The fraction of sp³-hybridized carbons (Fsp3) is 1.00. The van der Waals surface area contributed by atoms with Gasteiger partial charge in [-0.05, 0) is 12.8 Å².